The topological polar surface area (TPSA) is 67.2 Å². The summed E-state index contributed by atoms with van der Waals surface area (Å²) in [6, 6.07) is 10.9. The van der Waals surface area contributed by atoms with Gasteiger partial charge in [0, 0.05) is 24.3 Å². The Labute approximate surface area is 280 Å². The summed E-state index contributed by atoms with van der Waals surface area (Å²) in [5.74, 6) is -0.647. The highest BCUT2D eigenvalue weighted by atomic mass is 35.5. The number of amides is 2. The van der Waals surface area contributed by atoms with Crippen molar-refractivity contribution < 1.29 is 14.0 Å². The lowest BCUT2D eigenvalue weighted by molar-refractivity contribution is 0.0749. The molecule has 0 fully saturated rings. The minimum absolute atomic E-state index is 0.178. The Morgan fingerprint density at radius 3 is 2.33 bits per heavy atom. The molecule has 1 heterocycles. The number of rotatable bonds is 12. The van der Waals surface area contributed by atoms with Gasteiger partial charge >= 0.3 is 0 Å². The second kappa shape index (κ2) is 18.2. The number of benzene rings is 2. The van der Waals surface area contributed by atoms with E-state index in [1.54, 1.807) is 35.0 Å². The monoisotopic (exact) mass is 648 g/mol. The molecule has 6 nitrogen and oxygen atoms in total. The van der Waals surface area contributed by atoms with Crippen LogP contribution in [0.15, 0.2) is 84.6 Å². The lowest BCUT2D eigenvalue weighted by Crippen LogP contribution is -2.33. The van der Waals surface area contributed by atoms with E-state index >= 15 is 0 Å². The smallest absolute Gasteiger partial charge is 0.259 e. The van der Waals surface area contributed by atoms with E-state index in [1.165, 1.54) is 23.9 Å². The number of nitrogens with one attached hydrogen (secondary N) is 1. The molecule has 2 aromatic carbocycles. The summed E-state index contributed by atoms with van der Waals surface area (Å²) < 4.78 is 15.4. The molecule has 0 aliphatic rings. The van der Waals surface area contributed by atoms with Crippen LogP contribution in [0.5, 0.6) is 0 Å². The van der Waals surface area contributed by atoms with Crippen molar-refractivity contribution in [2.45, 2.75) is 80.7 Å². The molecule has 1 aromatic heterocycles. The maximum Gasteiger partial charge on any atom is 0.259 e. The quantitative estimate of drug-likeness (QED) is 0.199. The summed E-state index contributed by atoms with van der Waals surface area (Å²) in [5.41, 5.74) is 3.15. The van der Waals surface area contributed by atoms with Crippen LogP contribution in [0.2, 0.25) is 5.02 Å². The van der Waals surface area contributed by atoms with Crippen molar-refractivity contribution in [2.75, 3.05) is 18.4 Å². The number of aromatic nitrogens is 2. The van der Waals surface area contributed by atoms with Gasteiger partial charge in [-0.1, -0.05) is 75.2 Å². The summed E-state index contributed by atoms with van der Waals surface area (Å²) in [7, 11) is 0. The van der Waals surface area contributed by atoms with Crippen LogP contribution in [-0.4, -0.2) is 39.6 Å². The van der Waals surface area contributed by atoms with E-state index in [0.29, 0.717) is 52.1 Å². The number of hydrogen-bond donors (Lipinski definition) is 1. The van der Waals surface area contributed by atoms with Gasteiger partial charge in [0.15, 0.2) is 0 Å². The van der Waals surface area contributed by atoms with Crippen molar-refractivity contribution in [3.8, 4) is 11.3 Å². The van der Waals surface area contributed by atoms with Gasteiger partial charge in [0.2, 0.25) is 0 Å². The highest BCUT2D eigenvalue weighted by Crippen LogP contribution is 2.30. The van der Waals surface area contributed by atoms with Gasteiger partial charge in [-0.05, 0) is 95.8 Å². The predicted octanol–water partition coefficient (Wildman–Crippen LogP) is 10.3. The first-order valence-electron chi connectivity index (χ1n) is 16.1. The summed E-state index contributed by atoms with van der Waals surface area (Å²) in [5, 5.41) is 7.73. The lowest BCUT2D eigenvalue weighted by Gasteiger charge is -2.25. The second-order valence-electron chi connectivity index (χ2n) is 11.9. The second-order valence-corrected chi connectivity index (χ2v) is 12.4. The molecular weight excluding hydrogens is 599 g/mol. The Balaban J connectivity index is 0.00000361. The molecule has 0 bridgehead atoms. The normalized spacial score (nSPS) is 12.6. The molecule has 0 aliphatic heterocycles. The highest BCUT2D eigenvalue weighted by Gasteiger charge is 2.26. The molecule has 2 amide bonds. The van der Waals surface area contributed by atoms with E-state index in [1.807, 2.05) is 77.7 Å². The maximum atomic E-state index is 13.7. The van der Waals surface area contributed by atoms with Crippen LogP contribution in [0.25, 0.3) is 11.3 Å². The summed E-state index contributed by atoms with van der Waals surface area (Å²) >= 11 is 6.53. The minimum Gasteiger partial charge on any atom is -0.339 e. The first kappa shape index (κ1) is 38.2. The van der Waals surface area contributed by atoms with Crippen molar-refractivity contribution >= 4 is 29.1 Å². The predicted molar refractivity (Wildman–Crippen MR) is 191 cm³/mol. The van der Waals surface area contributed by atoms with Gasteiger partial charge in [-0.3, -0.25) is 14.3 Å². The lowest BCUT2D eigenvalue weighted by atomic mass is 9.98. The number of anilines is 1. The fourth-order valence-corrected chi connectivity index (χ4v) is 4.95. The van der Waals surface area contributed by atoms with Crippen LogP contribution in [0.1, 0.15) is 95.9 Å². The molecular formula is C38H50ClFN4O2. The minimum atomic E-state index is -0.431. The van der Waals surface area contributed by atoms with E-state index in [2.05, 4.69) is 30.3 Å². The van der Waals surface area contributed by atoms with Gasteiger partial charge in [0.25, 0.3) is 11.8 Å². The Kier molecular flexibility index (Phi) is 15.2. The first-order valence-corrected chi connectivity index (χ1v) is 16.5. The Hall–Kier alpha value is -3.97. The fourth-order valence-electron chi connectivity index (χ4n) is 4.75. The van der Waals surface area contributed by atoms with Gasteiger partial charge in [0.05, 0.1) is 33.6 Å². The summed E-state index contributed by atoms with van der Waals surface area (Å²) in [6.07, 6.45) is 13.2. The van der Waals surface area contributed by atoms with Crippen molar-refractivity contribution in [2.24, 2.45) is 5.92 Å². The number of nitrogens with zero attached hydrogens (tertiary/aromatic N) is 3. The number of allylic oxidation sites excluding steroid dienone is 6. The fraction of sp³-hybridized carbons (Fsp3) is 0.395. The van der Waals surface area contributed by atoms with Crippen LogP contribution in [0.4, 0.5) is 10.1 Å². The van der Waals surface area contributed by atoms with Gasteiger partial charge in [-0.2, -0.15) is 5.10 Å². The molecule has 0 saturated heterocycles. The molecule has 46 heavy (non-hydrogen) atoms. The van der Waals surface area contributed by atoms with Crippen molar-refractivity contribution in [1.82, 2.24) is 14.7 Å². The van der Waals surface area contributed by atoms with E-state index < -0.39 is 11.4 Å². The average Bonchev–Trinajstić information content (AvgIpc) is 3.49. The van der Waals surface area contributed by atoms with Crippen LogP contribution < -0.4 is 5.32 Å². The zero-order chi connectivity index (χ0) is 34.4. The molecule has 8 heteroatoms. The van der Waals surface area contributed by atoms with Gasteiger partial charge in [-0.25, -0.2) is 4.39 Å². The zero-order valence-electron chi connectivity index (χ0n) is 28.8. The molecule has 3 aromatic rings. The van der Waals surface area contributed by atoms with E-state index in [0.717, 1.165) is 12.8 Å². The largest absolute Gasteiger partial charge is 0.339 e. The van der Waals surface area contributed by atoms with Gasteiger partial charge in [0.1, 0.15) is 5.82 Å². The van der Waals surface area contributed by atoms with E-state index in [9.17, 15) is 14.0 Å². The standard InChI is InChI=1S/C36H44ClFN4O2.C2H6/c1-8-10-11-12-13-25(3)26(4)20-22-41(21-9-2)35(44)30-23-29(18-19-32(30)37)40-34(43)31-24-39-42(36(5,6)7)33(31)27-14-16-28(38)17-15-27;1-2/h8,10-19,23-24,26H,9,20-22H2,1-7H3,(H,40,43);1-2H3/b10-8+,12-11-,25-13+;. The van der Waals surface area contributed by atoms with Crippen LogP contribution in [0, 0.1) is 11.7 Å². The molecule has 3 rings (SSSR count). The van der Waals surface area contributed by atoms with Crippen molar-refractivity contribution in [1.29, 1.82) is 0 Å². The Morgan fingerprint density at radius 1 is 1.04 bits per heavy atom. The van der Waals surface area contributed by atoms with E-state index in [4.69, 9.17) is 11.6 Å². The molecule has 1 N–H and O–H groups in total. The maximum absolute atomic E-state index is 13.7. The zero-order valence-corrected chi connectivity index (χ0v) is 29.6. The Morgan fingerprint density at radius 2 is 1.72 bits per heavy atom. The molecule has 1 unspecified atom stereocenters. The summed E-state index contributed by atoms with van der Waals surface area (Å²) in [6.45, 7) is 19.4. The molecule has 0 saturated carbocycles. The van der Waals surface area contributed by atoms with Crippen LogP contribution in [0.3, 0.4) is 0 Å². The number of carbonyl (C=O) groups excluding carboxylic acids is 2. The summed E-state index contributed by atoms with van der Waals surface area (Å²) in [4.78, 5) is 29.1. The number of halogens is 2. The molecule has 0 radical (unpaired) electrons. The van der Waals surface area contributed by atoms with Gasteiger partial charge < -0.3 is 10.2 Å². The van der Waals surface area contributed by atoms with Crippen LogP contribution >= 0.6 is 11.6 Å². The van der Waals surface area contributed by atoms with Gasteiger partial charge in [-0.15, -0.1) is 0 Å². The molecule has 1 atom stereocenters. The third kappa shape index (κ3) is 10.5. The van der Waals surface area contributed by atoms with Crippen LogP contribution in [-0.2, 0) is 5.54 Å². The third-order valence-electron chi connectivity index (χ3n) is 7.39. The third-order valence-corrected chi connectivity index (χ3v) is 7.72. The SMILES string of the molecule is C/C=C/C=C\C=C(/C)C(C)CCN(CCC)C(=O)c1cc(NC(=O)c2cnn(C(C)(C)C)c2-c2ccc(F)cc2)ccc1Cl.CC. The highest BCUT2D eigenvalue weighted by molar-refractivity contribution is 6.34. The molecule has 0 aliphatic carbocycles. The first-order chi connectivity index (χ1) is 21.9. The van der Waals surface area contributed by atoms with Crippen molar-refractivity contribution in [3.05, 3.63) is 107 Å². The van der Waals surface area contributed by atoms with E-state index in [-0.39, 0.29) is 11.7 Å². The van der Waals surface area contributed by atoms with Crippen molar-refractivity contribution in [3.63, 3.8) is 0 Å². The molecule has 248 valence electrons. The average molecular weight is 649 g/mol. The number of carbonyl (C=O) groups is 2. The number of hydrogen-bond acceptors (Lipinski definition) is 3. The molecule has 0 spiro atoms. The Bertz CT molecular complexity index is 1530.